The van der Waals surface area contributed by atoms with Gasteiger partial charge in [0.1, 0.15) is 17.3 Å². The lowest BCUT2D eigenvalue weighted by atomic mass is 9.92. The molecule has 1 amide bonds. The molecule has 0 unspecified atom stereocenters. The predicted octanol–water partition coefficient (Wildman–Crippen LogP) is 4.75. The molecule has 35 heavy (non-hydrogen) atoms. The van der Waals surface area contributed by atoms with E-state index in [0.29, 0.717) is 29.9 Å². The number of carbonyl (C=O) groups is 1. The second-order valence-electron chi connectivity index (χ2n) is 8.47. The largest absolute Gasteiger partial charge is 0.573 e. The summed E-state index contributed by atoms with van der Waals surface area (Å²) in [5, 5.41) is 0.637. The number of aromatic nitrogens is 2. The van der Waals surface area contributed by atoms with Crippen LogP contribution in [-0.4, -0.2) is 39.6 Å². The molecule has 0 bridgehead atoms. The van der Waals surface area contributed by atoms with Crippen molar-refractivity contribution < 1.29 is 36.2 Å². The number of halogens is 5. The molecular weight excluding hydrogens is 475 g/mol. The van der Waals surface area contributed by atoms with E-state index < -0.39 is 42.8 Å². The monoisotopic (exact) mass is 494 g/mol. The summed E-state index contributed by atoms with van der Waals surface area (Å²) in [5.74, 6) is -3.78. The summed E-state index contributed by atoms with van der Waals surface area (Å²) in [5.41, 5.74) is 8.27. The number of anilines is 1. The Kier molecular flexibility index (Phi) is 5.50. The topological polar surface area (TPSA) is 90.6 Å². The van der Waals surface area contributed by atoms with Gasteiger partial charge in [-0.2, -0.15) is 0 Å². The maximum Gasteiger partial charge on any atom is 0.573 e. The predicted molar refractivity (Wildman–Crippen MR) is 114 cm³/mol. The smallest absolute Gasteiger partial charge is 0.406 e. The highest BCUT2D eigenvalue weighted by atomic mass is 19.4. The number of nitrogens with two attached hydrogens (primary N) is 1. The number of rotatable bonds is 3. The summed E-state index contributed by atoms with van der Waals surface area (Å²) in [7, 11) is 0. The molecule has 12 heteroatoms. The normalized spacial score (nSPS) is 19.6. The second-order valence-corrected chi connectivity index (χ2v) is 8.47. The summed E-state index contributed by atoms with van der Waals surface area (Å²) in [4.78, 5) is 23.2. The van der Waals surface area contributed by atoms with Gasteiger partial charge in [0.15, 0.2) is 0 Å². The molecule has 0 spiro atoms. The molecule has 184 valence electrons. The number of carbonyl (C=O) groups excluding carboxylic acids is 1. The van der Waals surface area contributed by atoms with Gasteiger partial charge in [-0.3, -0.25) is 4.79 Å². The highest BCUT2D eigenvalue weighted by molar-refractivity contribution is 5.97. The molecule has 1 atom stereocenters. The fourth-order valence-electron chi connectivity index (χ4n) is 4.51. The standard InChI is InChI=1S/C23H19F5N4O3/c24-22(25)5-6-32(19(8-22)12-1-3-13(4-2-12)35-23(26,27)28)21(33)17-7-14-15-10-34-11-16(15)20(29)31-18(14)9-30-17/h1-4,7,9,19H,5-6,8,10-11H2,(H2,29,31)/t19-/m1/s1. The third-order valence-corrected chi connectivity index (χ3v) is 6.18. The van der Waals surface area contributed by atoms with E-state index >= 15 is 0 Å². The van der Waals surface area contributed by atoms with Gasteiger partial charge in [0.05, 0.1) is 31.0 Å². The van der Waals surface area contributed by atoms with Gasteiger partial charge >= 0.3 is 6.36 Å². The maximum absolute atomic E-state index is 14.3. The molecule has 1 fully saturated rings. The van der Waals surface area contributed by atoms with E-state index in [1.165, 1.54) is 23.2 Å². The number of benzene rings is 1. The van der Waals surface area contributed by atoms with Crippen molar-refractivity contribution in [3.8, 4) is 5.75 Å². The summed E-state index contributed by atoms with van der Waals surface area (Å²) in [6.45, 7) is 0.340. The Morgan fingerprint density at radius 3 is 2.60 bits per heavy atom. The van der Waals surface area contributed by atoms with Crippen LogP contribution in [0.1, 0.15) is 46.1 Å². The minimum absolute atomic E-state index is 0.0328. The average Bonchev–Trinajstić information content (AvgIpc) is 3.29. The van der Waals surface area contributed by atoms with E-state index in [-0.39, 0.29) is 17.8 Å². The summed E-state index contributed by atoms with van der Waals surface area (Å²) in [6, 6.07) is 5.04. The molecule has 2 aliphatic rings. The lowest BCUT2D eigenvalue weighted by Crippen LogP contribution is -2.45. The van der Waals surface area contributed by atoms with Crippen LogP contribution in [0.5, 0.6) is 5.75 Å². The van der Waals surface area contributed by atoms with Crippen molar-refractivity contribution in [3.05, 3.63) is 58.9 Å². The van der Waals surface area contributed by atoms with Gasteiger partial charge in [0.25, 0.3) is 11.8 Å². The third-order valence-electron chi connectivity index (χ3n) is 6.18. The zero-order valence-corrected chi connectivity index (χ0v) is 18.1. The molecule has 5 rings (SSSR count). The van der Waals surface area contributed by atoms with Crippen LogP contribution in [0, 0.1) is 0 Å². The lowest BCUT2D eigenvalue weighted by molar-refractivity contribution is -0.274. The summed E-state index contributed by atoms with van der Waals surface area (Å²) < 4.78 is 75.3. The second kappa shape index (κ2) is 8.29. The zero-order valence-electron chi connectivity index (χ0n) is 18.1. The van der Waals surface area contributed by atoms with E-state index in [9.17, 15) is 26.7 Å². The fourth-order valence-corrected chi connectivity index (χ4v) is 4.51. The van der Waals surface area contributed by atoms with E-state index in [0.717, 1.165) is 23.3 Å². The Labute approximate surface area is 195 Å². The quantitative estimate of drug-likeness (QED) is 0.529. The summed E-state index contributed by atoms with van der Waals surface area (Å²) in [6.07, 6.45) is -4.70. The first kappa shape index (κ1) is 23.2. The molecule has 7 nitrogen and oxygen atoms in total. The van der Waals surface area contributed by atoms with Crippen LogP contribution in [0.4, 0.5) is 27.8 Å². The highest BCUT2D eigenvalue weighted by Gasteiger charge is 2.43. The SMILES string of the molecule is Nc1nc2cnc(C(=O)N3CCC(F)(F)C[C@@H]3c3ccc(OC(F)(F)F)cc3)cc2c2c1COC2. The van der Waals surface area contributed by atoms with Crippen LogP contribution in [0.15, 0.2) is 36.5 Å². The first-order valence-corrected chi connectivity index (χ1v) is 10.7. The first-order valence-electron chi connectivity index (χ1n) is 10.7. The van der Waals surface area contributed by atoms with Crippen molar-refractivity contribution in [2.24, 2.45) is 0 Å². The minimum atomic E-state index is -4.88. The van der Waals surface area contributed by atoms with Gasteiger partial charge in [-0.1, -0.05) is 12.1 Å². The number of likely N-dealkylation sites (tertiary alicyclic amines) is 1. The van der Waals surface area contributed by atoms with Crippen LogP contribution >= 0.6 is 0 Å². The molecule has 0 radical (unpaired) electrons. The molecular formula is C23H19F5N4O3. The Morgan fingerprint density at radius 2 is 1.89 bits per heavy atom. The fraction of sp³-hybridized carbons (Fsp3) is 0.348. The zero-order chi connectivity index (χ0) is 25.0. The minimum Gasteiger partial charge on any atom is -0.406 e. The number of ether oxygens (including phenoxy) is 2. The number of piperidine rings is 1. The summed E-state index contributed by atoms with van der Waals surface area (Å²) >= 11 is 0. The van der Waals surface area contributed by atoms with Crippen molar-refractivity contribution in [2.75, 3.05) is 12.3 Å². The number of nitrogen functional groups attached to an aromatic ring is 1. The molecule has 1 saturated heterocycles. The number of hydrogen-bond acceptors (Lipinski definition) is 6. The van der Waals surface area contributed by atoms with Gasteiger partial charge < -0.3 is 20.1 Å². The van der Waals surface area contributed by atoms with Crippen LogP contribution in [0.25, 0.3) is 10.9 Å². The van der Waals surface area contributed by atoms with Crippen molar-refractivity contribution >= 4 is 22.6 Å². The number of nitrogens with zero attached hydrogens (tertiary/aromatic N) is 3. The number of fused-ring (bicyclic) bond motifs is 3. The molecule has 0 aliphatic carbocycles. The maximum atomic E-state index is 14.3. The number of pyridine rings is 2. The molecule has 2 aliphatic heterocycles. The van der Waals surface area contributed by atoms with E-state index in [1.54, 1.807) is 6.07 Å². The van der Waals surface area contributed by atoms with Crippen LogP contribution in [0.3, 0.4) is 0 Å². The van der Waals surface area contributed by atoms with E-state index in [2.05, 4.69) is 14.7 Å². The van der Waals surface area contributed by atoms with Crippen LogP contribution in [0.2, 0.25) is 0 Å². The first-order chi connectivity index (χ1) is 16.5. The number of alkyl halides is 5. The Morgan fingerprint density at radius 1 is 1.17 bits per heavy atom. The molecule has 2 aromatic heterocycles. The molecule has 1 aromatic carbocycles. The third kappa shape index (κ3) is 4.57. The number of hydrogen-bond donors (Lipinski definition) is 1. The van der Waals surface area contributed by atoms with Gasteiger partial charge in [-0.05, 0) is 29.3 Å². The van der Waals surface area contributed by atoms with Crippen molar-refractivity contribution in [3.63, 3.8) is 0 Å². The van der Waals surface area contributed by atoms with Gasteiger partial charge in [-0.25, -0.2) is 18.7 Å². The average molecular weight is 494 g/mol. The van der Waals surface area contributed by atoms with E-state index in [4.69, 9.17) is 10.5 Å². The molecule has 0 saturated carbocycles. The highest BCUT2D eigenvalue weighted by Crippen LogP contribution is 2.41. The lowest BCUT2D eigenvalue weighted by Gasteiger charge is -2.39. The van der Waals surface area contributed by atoms with E-state index in [1.807, 2.05) is 0 Å². The Bertz CT molecular complexity index is 1300. The van der Waals surface area contributed by atoms with Crippen LogP contribution < -0.4 is 10.5 Å². The Balaban J connectivity index is 1.48. The van der Waals surface area contributed by atoms with Crippen LogP contribution in [-0.2, 0) is 18.0 Å². The molecule has 2 N–H and O–H groups in total. The number of amides is 1. The molecule has 3 aromatic rings. The van der Waals surface area contributed by atoms with Crippen molar-refractivity contribution in [1.29, 1.82) is 0 Å². The van der Waals surface area contributed by atoms with Gasteiger partial charge in [0, 0.05) is 30.3 Å². The van der Waals surface area contributed by atoms with Crippen molar-refractivity contribution in [1.82, 2.24) is 14.9 Å². The van der Waals surface area contributed by atoms with Gasteiger partial charge in [-0.15, -0.1) is 13.2 Å². The van der Waals surface area contributed by atoms with Crippen molar-refractivity contribution in [2.45, 2.75) is 44.4 Å². The Hall–Kier alpha value is -3.54. The van der Waals surface area contributed by atoms with Gasteiger partial charge in [0.2, 0.25) is 0 Å². The molecule has 4 heterocycles.